The van der Waals surface area contributed by atoms with Gasteiger partial charge in [0.1, 0.15) is 0 Å². The van der Waals surface area contributed by atoms with Crippen molar-refractivity contribution in [1.29, 1.82) is 0 Å². The minimum atomic E-state index is -0.0652. The van der Waals surface area contributed by atoms with E-state index < -0.39 is 0 Å². The van der Waals surface area contributed by atoms with Gasteiger partial charge in [-0.3, -0.25) is 4.79 Å². The summed E-state index contributed by atoms with van der Waals surface area (Å²) in [5.41, 5.74) is 7.89. The fourth-order valence-electron chi connectivity index (χ4n) is 1.95. The second kappa shape index (κ2) is 6.75. The van der Waals surface area contributed by atoms with E-state index in [4.69, 9.17) is 5.73 Å². The fraction of sp³-hybridized carbons (Fsp3) is 0.462. The number of rotatable bonds is 5. The van der Waals surface area contributed by atoms with Gasteiger partial charge in [0.25, 0.3) is 0 Å². The minimum absolute atomic E-state index is 0.0474. The minimum Gasteiger partial charge on any atom is -0.374 e. The van der Waals surface area contributed by atoms with Crippen LogP contribution in [0, 0.1) is 5.92 Å². The summed E-state index contributed by atoms with van der Waals surface area (Å²) < 4.78 is 1.00. The van der Waals surface area contributed by atoms with Crippen molar-refractivity contribution < 1.29 is 4.79 Å². The van der Waals surface area contributed by atoms with Crippen LogP contribution in [0.1, 0.15) is 12.5 Å². The SMILES string of the molecule is CNC(=O)C(C)CN(C)c1cccc(Br)c1CN. The van der Waals surface area contributed by atoms with E-state index in [-0.39, 0.29) is 11.8 Å². The lowest BCUT2D eigenvalue weighted by Crippen LogP contribution is -2.34. The number of anilines is 1. The van der Waals surface area contributed by atoms with Crippen LogP contribution in [0.15, 0.2) is 22.7 Å². The predicted molar refractivity (Wildman–Crippen MR) is 78.5 cm³/mol. The highest BCUT2D eigenvalue weighted by Crippen LogP contribution is 2.27. The molecule has 0 fully saturated rings. The van der Waals surface area contributed by atoms with E-state index in [2.05, 4.69) is 26.1 Å². The second-order valence-corrected chi connectivity index (χ2v) is 5.19. The maximum Gasteiger partial charge on any atom is 0.224 e. The summed E-state index contributed by atoms with van der Waals surface area (Å²) in [5.74, 6) is -0.0178. The smallest absolute Gasteiger partial charge is 0.224 e. The Labute approximate surface area is 117 Å². The van der Waals surface area contributed by atoms with Gasteiger partial charge in [-0.2, -0.15) is 0 Å². The topological polar surface area (TPSA) is 58.4 Å². The second-order valence-electron chi connectivity index (χ2n) is 4.34. The number of amides is 1. The summed E-state index contributed by atoms with van der Waals surface area (Å²) in [5, 5.41) is 2.66. The molecule has 0 aliphatic carbocycles. The Hall–Kier alpha value is -1.07. The number of nitrogens with one attached hydrogen (secondary N) is 1. The summed E-state index contributed by atoms with van der Waals surface area (Å²) in [7, 11) is 3.63. The molecule has 0 heterocycles. The molecule has 0 saturated heterocycles. The van der Waals surface area contributed by atoms with E-state index in [9.17, 15) is 4.79 Å². The maximum atomic E-state index is 11.5. The zero-order valence-electron chi connectivity index (χ0n) is 11.0. The summed E-state index contributed by atoms with van der Waals surface area (Å²) in [4.78, 5) is 13.6. The van der Waals surface area contributed by atoms with Gasteiger partial charge in [-0.05, 0) is 12.1 Å². The van der Waals surface area contributed by atoms with E-state index in [1.807, 2.05) is 32.2 Å². The van der Waals surface area contributed by atoms with Crippen LogP contribution in [0.4, 0.5) is 5.69 Å². The molecular weight excluding hydrogens is 294 g/mol. The number of benzene rings is 1. The van der Waals surface area contributed by atoms with Crippen molar-refractivity contribution in [3.8, 4) is 0 Å². The van der Waals surface area contributed by atoms with Crippen molar-refractivity contribution in [2.75, 3.05) is 25.5 Å². The van der Waals surface area contributed by atoms with E-state index in [1.165, 1.54) is 0 Å². The quantitative estimate of drug-likeness (QED) is 0.870. The molecule has 1 unspecified atom stereocenters. The van der Waals surface area contributed by atoms with Crippen LogP contribution in [0.5, 0.6) is 0 Å². The Morgan fingerprint density at radius 3 is 2.78 bits per heavy atom. The van der Waals surface area contributed by atoms with Gasteiger partial charge in [0.2, 0.25) is 5.91 Å². The lowest BCUT2D eigenvalue weighted by molar-refractivity contribution is -0.123. The predicted octanol–water partition coefficient (Wildman–Crippen LogP) is 1.73. The van der Waals surface area contributed by atoms with Gasteiger partial charge < -0.3 is 16.0 Å². The normalized spacial score (nSPS) is 12.1. The molecule has 3 N–H and O–H groups in total. The molecule has 1 aromatic rings. The molecule has 1 amide bonds. The third-order valence-corrected chi connectivity index (χ3v) is 3.69. The Balaban J connectivity index is 2.87. The number of hydrogen-bond acceptors (Lipinski definition) is 3. The monoisotopic (exact) mass is 313 g/mol. The first-order valence-electron chi connectivity index (χ1n) is 5.91. The van der Waals surface area contributed by atoms with Crippen molar-refractivity contribution in [2.24, 2.45) is 11.7 Å². The third kappa shape index (κ3) is 3.46. The van der Waals surface area contributed by atoms with Gasteiger partial charge in [0.15, 0.2) is 0 Å². The van der Waals surface area contributed by atoms with Crippen molar-refractivity contribution in [3.63, 3.8) is 0 Å². The van der Waals surface area contributed by atoms with Gasteiger partial charge in [0.05, 0.1) is 5.92 Å². The highest BCUT2D eigenvalue weighted by molar-refractivity contribution is 9.10. The first kappa shape index (κ1) is 15.0. The number of halogens is 1. The summed E-state index contributed by atoms with van der Waals surface area (Å²) >= 11 is 3.50. The number of nitrogens with zero attached hydrogens (tertiary/aromatic N) is 1. The van der Waals surface area contributed by atoms with Crippen LogP contribution in [0.25, 0.3) is 0 Å². The lowest BCUT2D eigenvalue weighted by Gasteiger charge is -2.25. The highest BCUT2D eigenvalue weighted by atomic mass is 79.9. The molecule has 1 aromatic carbocycles. The molecule has 0 aliphatic rings. The number of hydrogen-bond donors (Lipinski definition) is 2. The van der Waals surface area contributed by atoms with E-state index in [0.29, 0.717) is 13.1 Å². The molecule has 0 aliphatic heterocycles. The van der Waals surface area contributed by atoms with Gasteiger partial charge in [-0.25, -0.2) is 0 Å². The molecule has 0 bridgehead atoms. The van der Waals surface area contributed by atoms with Gasteiger partial charge in [-0.15, -0.1) is 0 Å². The fourth-order valence-corrected chi connectivity index (χ4v) is 2.46. The average Bonchev–Trinajstić information content (AvgIpc) is 2.37. The zero-order chi connectivity index (χ0) is 13.7. The molecule has 1 atom stereocenters. The molecule has 0 saturated carbocycles. The zero-order valence-corrected chi connectivity index (χ0v) is 12.6. The van der Waals surface area contributed by atoms with Crippen molar-refractivity contribution in [1.82, 2.24) is 5.32 Å². The largest absolute Gasteiger partial charge is 0.374 e. The number of nitrogens with two attached hydrogens (primary N) is 1. The molecule has 0 radical (unpaired) electrons. The van der Waals surface area contributed by atoms with Crippen LogP contribution in [-0.4, -0.2) is 26.5 Å². The van der Waals surface area contributed by atoms with E-state index in [0.717, 1.165) is 15.7 Å². The summed E-state index contributed by atoms with van der Waals surface area (Å²) in [6, 6.07) is 5.96. The first-order chi connectivity index (χ1) is 8.51. The highest BCUT2D eigenvalue weighted by Gasteiger charge is 2.16. The Morgan fingerprint density at radius 2 is 2.22 bits per heavy atom. The van der Waals surface area contributed by atoms with Crippen LogP contribution in [-0.2, 0) is 11.3 Å². The van der Waals surface area contributed by atoms with E-state index in [1.54, 1.807) is 7.05 Å². The molecule has 1 rings (SSSR count). The van der Waals surface area contributed by atoms with Crippen molar-refractivity contribution >= 4 is 27.5 Å². The Kier molecular flexibility index (Phi) is 5.62. The standard InChI is InChI=1S/C13H20BrN3O/c1-9(13(18)16-2)8-17(3)12-6-4-5-11(14)10(12)7-15/h4-6,9H,7-8,15H2,1-3H3,(H,16,18). The molecule has 0 aromatic heterocycles. The van der Waals surface area contributed by atoms with Gasteiger partial charge >= 0.3 is 0 Å². The number of carbonyl (C=O) groups is 1. The Morgan fingerprint density at radius 1 is 1.56 bits per heavy atom. The van der Waals surface area contributed by atoms with Crippen molar-refractivity contribution in [3.05, 3.63) is 28.2 Å². The van der Waals surface area contributed by atoms with Crippen LogP contribution in [0.2, 0.25) is 0 Å². The summed E-state index contributed by atoms with van der Waals surface area (Å²) in [6.45, 7) is 3.04. The molecule has 100 valence electrons. The maximum absolute atomic E-state index is 11.5. The molecule has 4 nitrogen and oxygen atoms in total. The molecular formula is C13H20BrN3O. The molecule has 5 heteroatoms. The van der Waals surface area contributed by atoms with Gasteiger partial charge in [0, 0.05) is 42.9 Å². The van der Waals surface area contributed by atoms with E-state index >= 15 is 0 Å². The van der Waals surface area contributed by atoms with Crippen molar-refractivity contribution in [2.45, 2.75) is 13.5 Å². The number of carbonyl (C=O) groups excluding carboxylic acids is 1. The first-order valence-corrected chi connectivity index (χ1v) is 6.70. The van der Waals surface area contributed by atoms with Crippen LogP contribution >= 0.6 is 15.9 Å². The van der Waals surface area contributed by atoms with Crippen LogP contribution < -0.4 is 16.0 Å². The lowest BCUT2D eigenvalue weighted by atomic mass is 10.1. The third-order valence-electron chi connectivity index (χ3n) is 2.95. The summed E-state index contributed by atoms with van der Waals surface area (Å²) in [6.07, 6.45) is 0. The molecule has 18 heavy (non-hydrogen) atoms. The Bertz CT molecular complexity index is 423. The van der Waals surface area contributed by atoms with Gasteiger partial charge in [-0.1, -0.05) is 28.9 Å². The average molecular weight is 314 g/mol. The van der Waals surface area contributed by atoms with Crippen LogP contribution in [0.3, 0.4) is 0 Å². The molecule has 0 spiro atoms.